The summed E-state index contributed by atoms with van der Waals surface area (Å²) in [6.07, 6.45) is 0.310. The number of H-pyrrole nitrogens is 1. The monoisotopic (exact) mass is 397 g/mol. The summed E-state index contributed by atoms with van der Waals surface area (Å²) in [6.45, 7) is 5.58. The van der Waals surface area contributed by atoms with Crippen LogP contribution in [-0.2, 0) is 13.0 Å². The van der Waals surface area contributed by atoms with Crippen molar-refractivity contribution in [3.63, 3.8) is 0 Å². The van der Waals surface area contributed by atoms with Crippen molar-refractivity contribution in [3.8, 4) is 0 Å². The minimum atomic E-state index is -0.656. The molecule has 28 heavy (non-hydrogen) atoms. The number of rotatable bonds is 5. The molecular weight excluding hydrogens is 378 g/mol. The second-order valence-electron chi connectivity index (χ2n) is 6.68. The maximum atomic E-state index is 13.4. The van der Waals surface area contributed by atoms with Gasteiger partial charge in [0.1, 0.15) is 10.8 Å². The van der Waals surface area contributed by atoms with Crippen LogP contribution in [0.3, 0.4) is 0 Å². The third-order valence-electron chi connectivity index (χ3n) is 4.44. The molecule has 7 heteroatoms. The Morgan fingerprint density at radius 3 is 2.43 bits per heavy atom. The first kappa shape index (κ1) is 19.8. The van der Waals surface area contributed by atoms with Crippen LogP contribution in [0.25, 0.3) is 0 Å². The highest BCUT2D eigenvalue weighted by molar-refractivity contribution is 6.29. The van der Waals surface area contributed by atoms with E-state index in [-0.39, 0.29) is 28.7 Å². The third-order valence-corrected chi connectivity index (χ3v) is 4.65. The predicted molar refractivity (Wildman–Crippen MR) is 108 cm³/mol. The number of aromatic amines is 1. The fraction of sp³-hybridized carbons (Fsp3) is 0.238. The molecule has 1 N–H and O–H groups in total. The van der Waals surface area contributed by atoms with E-state index in [0.29, 0.717) is 17.7 Å². The van der Waals surface area contributed by atoms with Gasteiger partial charge in [0.15, 0.2) is 0 Å². The van der Waals surface area contributed by atoms with Crippen molar-refractivity contribution in [1.82, 2.24) is 14.5 Å². The van der Waals surface area contributed by atoms with Gasteiger partial charge in [-0.2, -0.15) is 0 Å². The lowest BCUT2D eigenvalue weighted by atomic mass is 9.99. The molecule has 144 valence electrons. The summed E-state index contributed by atoms with van der Waals surface area (Å²) in [5, 5.41) is 0.285. The summed E-state index contributed by atoms with van der Waals surface area (Å²) in [7, 11) is 0. The van der Waals surface area contributed by atoms with Gasteiger partial charge >= 0.3 is 5.69 Å². The first-order valence-corrected chi connectivity index (χ1v) is 9.28. The van der Waals surface area contributed by atoms with Gasteiger partial charge in [-0.15, -0.1) is 0 Å². The molecular formula is C21H20ClN3O3. The molecule has 0 spiro atoms. The Balaban J connectivity index is 2.24. The van der Waals surface area contributed by atoms with Crippen molar-refractivity contribution >= 4 is 17.4 Å². The molecule has 2 aromatic heterocycles. The smallest absolute Gasteiger partial charge is 0.287 e. The Morgan fingerprint density at radius 1 is 1.14 bits per heavy atom. The van der Waals surface area contributed by atoms with E-state index in [1.807, 2.05) is 19.9 Å². The van der Waals surface area contributed by atoms with Crippen molar-refractivity contribution in [2.24, 2.45) is 0 Å². The number of ketones is 1. The largest absolute Gasteiger partial charge is 0.329 e. The van der Waals surface area contributed by atoms with E-state index in [2.05, 4.69) is 9.97 Å². The average Bonchev–Trinajstić information content (AvgIpc) is 2.62. The van der Waals surface area contributed by atoms with Crippen LogP contribution >= 0.6 is 11.6 Å². The summed E-state index contributed by atoms with van der Waals surface area (Å²) in [6, 6.07) is 10.5. The summed E-state index contributed by atoms with van der Waals surface area (Å²) in [5.41, 5.74) is 1.96. The highest BCUT2D eigenvalue weighted by Crippen LogP contribution is 2.16. The lowest BCUT2D eigenvalue weighted by Gasteiger charge is -2.15. The fourth-order valence-electron chi connectivity index (χ4n) is 3.29. The molecule has 0 atom stereocenters. The van der Waals surface area contributed by atoms with Crippen molar-refractivity contribution in [3.05, 3.63) is 96.0 Å². The van der Waals surface area contributed by atoms with Gasteiger partial charge in [-0.1, -0.05) is 41.8 Å². The van der Waals surface area contributed by atoms with Gasteiger partial charge in [0, 0.05) is 11.1 Å². The molecule has 0 aliphatic rings. The number of benzene rings is 1. The molecule has 0 unspecified atom stereocenters. The SMILES string of the molecule is CCc1c(C(=O)c2cc(C)cc(C)c2)n(Cc2cccc(Cl)n2)c(=O)[nH]c1=O. The lowest BCUT2D eigenvalue weighted by Crippen LogP contribution is -2.37. The number of aromatic nitrogens is 3. The molecule has 0 radical (unpaired) electrons. The second kappa shape index (κ2) is 7.94. The van der Waals surface area contributed by atoms with Crippen molar-refractivity contribution in [1.29, 1.82) is 0 Å². The number of nitrogens with one attached hydrogen (secondary N) is 1. The van der Waals surface area contributed by atoms with Crippen LogP contribution in [0.15, 0.2) is 46.0 Å². The number of nitrogens with zero attached hydrogens (tertiary/aromatic N) is 2. The minimum absolute atomic E-state index is 0.0229. The van der Waals surface area contributed by atoms with Crippen LogP contribution in [0.1, 0.15) is 45.4 Å². The highest BCUT2D eigenvalue weighted by atomic mass is 35.5. The zero-order valence-corrected chi connectivity index (χ0v) is 16.6. The summed E-state index contributed by atoms with van der Waals surface area (Å²) < 4.78 is 1.26. The molecule has 0 amide bonds. The van der Waals surface area contributed by atoms with E-state index in [1.165, 1.54) is 4.57 Å². The van der Waals surface area contributed by atoms with Crippen LogP contribution in [0, 0.1) is 13.8 Å². The first-order chi connectivity index (χ1) is 13.3. The maximum Gasteiger partial charge on any atom is 0.329 e. The second-order valence-corrected chi connectivity index (χ2v) is 7.07. The zero-order valence-electron chi connectivity index (χ0n) is 15.9. The normalized spacial score (nSPS) is 10.9. The van der Waals surface area contributed by atoms with Crippen LogP contribution in [0.2, 0.25) is 5.15 Å². The topological polar surface area (TPSA) is 84.8 Å². The van der Waals surface area contributed by atoms with Gasteiger partial charge < -0.3 is 0 Å². The molecule has 0 aliphatic heterocycles. The van der Waals surface area contributed by atoms with E-state index >= 15 is 0 Å². The molecule has 3 aromatic rings. The van der Waals surface area contributed by atoms with E-state index in [0.717, 1.165) is 11.1 Å². The van der Waals surface area contributed by atoms with Gasteiger partial charge in [-0.25, -0.2) is 9.78 Å². The number of carbonyl (C=O) groups is 1. The van der Waals surface area contributed by atoms with Crippen molar-refractivity contribution in [2.45, 2.75) is 33.7 Å². The Hall–Kier alpha value is -2.99. The summed E-state index contributed by atoms with van der Waals surface area (Å²) in [4.78, 5) is 44.8. The quantitative estimate of drug-likeness (QED) is 0.529. The molecule has 0 saturated carbocycles. The van der Waals surface area contributed by atoms with Gasteiger partial charge in [-0.3, -0.25) is 19.1 Å². The lowest BCUT2D eigenvalue weighted by molar-refractivity contribution is 0.102. The Kier molecular flexibility index (Phi) is 5.61. The van der Waals surface area contributed by atoms with E-state index in [4.69, 9.17) is 11.6 Å². The number of hydrogen-bond donors (Lipinski definition) is 1. The maximum absolute atomic E-state index is 13.4. The first-order valence-electron chi connectivity index (χ1n) is 8.90. The Morgan fingerprint density at radius 2 is 1.82 bits per heavy atom. The van der Waals surface area contributed by atoms with E-state index in [9.17, 15) is 14.4 Å². The molecule has 6 nitrogen and oxygen atoms in total. The van der Waals surface area contributed by atoms with Gasteiger partial charge in [-0.05, 0) is 44.5 Å². The summed E-state index contributed by atoms with van der Waals surface area (Å²) in [5.74, 6) is -0.367. The van der Waals surface area contributed by atoms with E-state index < -0.39 is 11.2 Å². The molecule has 1 aromatic carbocycles. The highest BCUT2D eigenvalue weighted by Gasteiger charge is 2.22. The molecule has 0 bridgehead atoms. The predicted octanol–water partition coefficient (Wildman–Crippen LogP) is 3.04. The molecule has 2 heterocycles. The number of halogens is 1. The van der Waals surface area contributed by atoms with Gasteiger partial charge in [0.05, 0.1) is 12.2 Å². The number of pyridine rings is 1. The van der Waals surface area contributed by atoms with Gasteiger partial charge in [0.25, 0.3) is 5.56 Å². The number of hydrogen-bond acceptors (Lipinski definition) is 4. The van der Waals surface area contributed by atoms with E-state index in [1.54, 1.807) is 37.3 Å². The molecule has 3 rings (SSSR count). The Bertz CT molecular complexity index is 1160. The minimum Gasteiger partial charge on any atom is -0.287 e. The number of aryl methyl sites for hydroxylation is 2. The van der Waals surface area contributed by atoms with Gasteiger partial charge in [0.2, 0.25) is 5.78 Å². The number of carbonyl (C=O) groups excluding carboxylic acids is 1. The fourth-order valence-corrected chi connectivity index (χ4v) is 3.47. The van der Waals surface area contributed by atoms with Crippen LogP contribution in [0.4, 0.5) is 0 Å². The standard InChI is InChI=1S/C21H20ClN3O3/c1-4-16-18(19(26)14-9-12(2)8-13(3)10-14)25(21(28)24-20(16)27)11-15-6-5-7-17(22)23-15/h5-10H,4,11H2,1-3H3,(H,24,27,28). The molecule has 0 saturated heterocycles. The van der Waals surface area contributed by atoms with Crippen LogP contribution < -0.4 is 11.2 Å². The molecule has 0 aliphatic carbocycles. The molecule has 0 fully saturated rings. The van der Waals surface area contributed by atoms with Crippen molar-refractivity contribution in [2.75, 3.05) is 0 Å². The zero-order chi connectivity index (χ0) is 20.4. The average molecular weight is 398 g/mol. The third kappa shape index (κ3) is 3.97. The van der Waals surface area contributed by atoms with Crippen molar-refractivity contribution < 1.29 is 4.79 Å². The summed E-state index contributed by atoms with van der Waals surface area (Å²) >= 11 is 5.94. The van der Waals surface area contributed by atoms with Crippen LogP contribution in [0.5, 0.6) is 0 Å². The Labute approximate surface area is 166 Å². The van der Waals surface area contributed by atoms with Crippen LogP contribution in [-0.4, -0.2) is 20.3 Å².